The summed E-state index contributed by atoms with van der Waals surface area (Å²) >= 11 is 0. The summed E-state index contributed by atoms with van der Waals surface area (Å²) in [4.78, 5) is 2.54. The first kappa shape index (κ1) is 12.0. The molecule has 0 spiro atoms. The maximum absolute atomic E-state index is 5.83. The molecule has 0 bridgehead atoms. The molecule has 1 saturated heterocycles. The van der Waals surface area contributed by atoms with Crippen molar-refractivity contribution in [1.29, 1.82) is 0 Å². The molecule has 2 heteroatoms. The fourth-order valence-electron chi connectivity index (χ4n) is 2.51. The van der Waals surface area contributed by atoms with E-state index in [0.717, 1.165) is 12.5 Å². The average Bonchev–Trinajstić information content (AvgIpc) is 2.31. The highest BCUT2D eigenvalue weighted by molar-refractivity contribution is 4.72. The van der Waals surface area contributed by atoms with Gasteiger partial charge in [-0.2, -0.15) is 0 Å². The molecule has 0 aromatic heterocycles. The van der Waals surface area contributed by atoms with Crippen LogP contribution in [0.4, 0.5) is 0 Å². The first-order valence-corrected chi connectivity index (χ1v) is 6.20. The largest absolute Gasteiger partial charge is 0.327 e. The summed E-state index contributed by atoms with van der Waals surface area (Å²) in [5.41, 5.74) is 5.83. The normalized spacial score (nSPS) is 27.2. The zero-order chi connectivity index (χ0) is 10.4. The van der Waals surface area contributed by atoms with Crippen molar-refractivity contribution in [3.05, 3.63) is 0 Å². The van der Waals surface area contributed by atoms with Gasteiger partial charge in [-0.05, 0) is 45.2 Å². The molecule has 2 atom stereocenters. The Labute approximate surface area is 88.8 Å². The second-order valence-electron chi connectivity index (χ2n) is 4.86. The summed E-state index contributed by atoms with van der Waals surface area (Å²) in [5.74, 6) is 0.984. The molecule has 0 aliphatic carbocycles. The predicted octanol–water partition coefficient (Wildman–Crippen LogP) is 2.24. The Kier molecular flexibility index (Phi) is 5.49. The van der Waals surface area contributed by atoms with Gasteiger partial charge < -0.3 is 10.6 Å². The maximum atomic E-state index is 5.83. The van der Waals surface area contributed by atoms with Crippen molar-refractivity contribution in [2.24, 2.45) is 11.7 Å². The summed E-state index contributed by atoms with van der Waals surface area (Å²) in [6.07, 6.45) is 6.96. The lowest BCUT2D eigenvalue weighted by atomic mass is 9.96. The van der Waals surface area contributed by atoms with Crippen LogP contribution in [0.2, 0.25) is 0 Å². The minimum Gasteiger partial charge on any atom is -0.327 e. The van der Waals surface area contributed by atoms with Gasteiger partial charge in [0, 0.05) is 12.6 Å². The molecule has 1 fully saturated rings. The second kappa shape index (κ2) is 6.41. The average molecular weight is 198 g/mol. The number of nitrogens with zero attached hydrogens (tertiary/aromatic N) is 1. The SMILES string of the molecule is CCCC1CCCN(CC(C)N)CC1. The summed E-state index contributed by atoms with van der Waals surface area (Å²) in [7, 11) is 0. The van der Waals surface area contributed by atoms with Crippen LogP contribution in [0, 0.1) is 5.92 Å². The third kappa shape index (κ3) is 4.43. The minimum atomic E-state index is 0.331. The van der Waals surface area contributed by atoms with Crippen molar-refractivity contribution in [2.45, 2.75) is 52.0 Å². The first-order valence-electron chi connectivity index (χ1n) is 6.20. The monoisotopic (exact) mass is 198 g/mol. The molecule has 2 N–H and O–H groups in total. The van der Waals surface area contributed by atoms with Gasteiger partial charge in [-0.15, -0.1) is 0 Å². The molecule has 0 radical (unpaired) electrons. The molecule has 0 saturated carbocycles. The zero-order valence-electron chi connectivity index (χ0n) is 9.84. The van der Waals surface area contributed by atoms with Crippen LogP contribution in [0.15, 0.2) is 0 Å². The Morgan fingerprint density at radius 1 is 1.36 bits per heavy atom. The zero-order valence-corrected chi connectivity index (χ0v) is 9.84. The van der Waals surface area contributed by atoms with E-state index in [2.05, 4.69) is 18.7 Å². The van der Waals surface area contributed by atoms with E-state index in [-0.39, 0.29) is 0 Å². The van der Waals surface area contributed by atoms with E-state index < -0.39 is 0 Å². The Hall–Kier alpha value is -0.0800. The Balaban J connectivity index is 2.25. The van der Waals surface area contributed by atoms with Crippen molar-refractivity contribution >= 4 is 0 Å². The van der Waals surface area contributed by atoms with Gasteiger partial charge in [0.2, 0.25) is 0 Å². The summed E-state index contributed by atoms with van der Waals surface area (Å²) in [6, 6.07) is 0.331. The molecule has 0 amide bonds. The molecule has 1 aliphatic heterocycles. The van der Waals surface area contributed by atoms with E-state index in [9.17, 15) is 0 Å². The van der Waals surface area contributed by atoms with Crippen LogP contribution in [-0.2, 0) is 0 Å². The third-order valence-corrected chi connectivity index (χ3v) is 3.18. The van der Waals surface area contributed by atoms with Crippen molar-refractivity contribution in [3.8, 4) is 0 Å². The van der Waals surface area contributed by atoms with E-state index in [0.29, 0.717) is 6.04 Å². The molecular weight excluding hydrogens is 172 g/mol. The van der Waals surface area contributed by atoms with E-state index in [1.165, 1.54) is 45.2 Å². The number of nitrogens with two attached hydrogens (primary N) is 1. The molecule has 14 heavy (non-hydrogen) atoms. The van der Waals surface area contributed by atoms with Crippen LogP contribution >= 0.6 is 0 Å². The third-order valence-electron chi connectivity index (χ3n) is 3.18. The van der Waals surface area contributed by atoms with Gasteiger partial charge >= 0.3 is 0 Å². The lowest BCUT2D eigenvalue weighted by molar-refractivity contribution is 0.266. The van der Waals surface area contributed by atoms with Crippen LogP contribution in [0.25, 0.3) is 0 Å². The van der Waals surface area contributed by atoms with Crippen molar-refractivity contribution in [1.82, 2.24) is 4.90 Å². The van der Waals surface area contributed by atoms with Crippen LogP contribution in [0.5, 0.6) is 0 Å². The van der Waals surface area contributed by atoms with Gasteiger partial charge in [-0.25, -0.2) is 0 Å². The number of hydrogen-bond acceptors (Lipinski definition) is 2. The lowest BCUT2D eigenvalue weighted by Crippen LogP contribution is -2.36. The molecule has 1 aliphatic rings. The van der Waals surface area contributed by atoms with Crippen molar-refractivity contribution in [3.63, 3.8) is 0 Å². The van der Waals surface area contributed by atoms with Crippen molar-refractivity contribution in [2.75, 3.05) is 19.6 Å². The van der Waals surface area contributed by atoms with Gasteiger partial charge in [0.1, 0.15) is 0 Å². The fraction of sp³-hybridized carbons (Fsp3) is 1.00. The van der Waals surface area contributed by atoms with E-state index in [4.69, 9.17) is 5.73 Å². The molecule has 0 aromatic rings. The number of hydrogen-bond donors (Lipinski definition) is 1. The summed E-state index contributed by atoms with van der Waals surface area (Å²) < 4.78 is 0. The molecular formula is C12H26N2. The Bertz CT molecular complexity index is 145. The molecule has 84 valence electrons. The van der Waals surface area contributed by atoms with Crippen LogP contribution in [0.1, 0.15) is 46.0 Å². The number of rotatable bonds is 4. The van der Waals surface area contributed by atoms with E-state index in [1.54, 1.807) is 0 Å². The maximum Gasteiger partial charge on any atom is 0.0139 e. The molecule has 2 unspecified atom stereocenters. The highest BCUT2D eigenvalue weighted by Crippen LogP contribution is 2.21. The number of likely N-dealkylation sites (tertiary alicyclic amines) is 1. The highest BCUT2D eigenvalue weighted by Gasteiger charge is 2.16. The van der Waals surface area contributed by atoms with Gasteiger partial charge in [0.25, 0.3) is 0 Å². The molecule has 1 rings (SSSR count). The lowest BCUT2D eigenvalue weighted by Gasteiger charge is -2.21. The Morgan fingerprint density at radius 3 is 2.79 bits per heavy atom. The quantitative estimate of drug-likeness (QED) is 0.750. The fourth-order valence-corrected chi connectivity index (χ4v) is 2.51. The first-order chi connectivity index (χ1) is 6.72. The topological polar surface area (TPSA) is 29.3 Å². The molecule has 0 aromatic carbocycles. The van der Waals surface area contributed by atoms with Gasteiger partial charge in [0.05, 0.1) is 0 Å². The van der Waals surface area contributed by atoms with Gasteiger partial charge in [-0.3, -0.25) is 0 Å². The van der Waals surface area contributed by atoms with Crippen LogP contribution < -0.4 is 5.73 Å². The molecule has 1 heterocycles. The van der Waals surface area contributed by atoms with Crippen molar-refractivity contribution < 1.29 is 0 Å². The van der Waals surface area contributed by atoms with E-state index in [1.807, 2.05) is 0 Å². The Morgan fingerprint density at radius 2 is 2.14 bits per heavy atom. The summed E-state index contributed by atoms with van der Waals surface area (Å²) in [5, 5.41) is 0. The highest BCUT2D eigenvalue weighted by atomic mass is 15.1. The van der Waals surface area contributed by atoms with Crippen LogP contribution in [0.3, 0.4) is 0 Å². The van der Waals surface area contributed by atoms with Crippen LogP contribution in [-0.4, -0.2) is 30.6 Å². The standard InChI is InChI=1S/C12H26N2/c1-3-5-12-6-4-8-14(9-7-12)10-11(2)13/h11-12H,3-10,13H2,1-2H3. The van der Waals surface area contributed by atoms with Gasteiger partial charge in [0.15, 0.2) is 0 Å². The smallest absolute Gasteiger partial charge is 0.0139 e. The summed E-state index contributed by atoms with van der Waals surface area (Å²) in [6.45, 7) is 8.02. The minimum absolute atomic E-state index is 0.331. The molecule has 2 nitrogen and oxygen atoms in total. The second-order valence-corrected chi connectivity index (χ2v) is 4.86. The predicted molar refractivity (Wildman–Crippen MR) is 62.3 cm³/mol. The van der Waals surface area contributed by atoms with E-state index >= 15 is 0 Å². The van der Waals surface area contributed by atoms with Gasteiger partial charge in [-0.1, -0.05) is 19.8 Å².